The molecule has 1 aliphatic rings. The first-order valence-electron chi connectivity index (χ1n) is 5.02. The first-order valence-corrected chi connectivity index (χ1v) is 5.02. The fraction of sp³-hybridized carbons (Fsp3) is 0.727. The van der Waals surface area contributed by atoms with Gasteiger partial charge in [0.1, 0.15) is 6.29 Å². The Balaban J connectivity index is 2.71. The third-order valence-corrected chi connectivity index (χ3v) is 2.98. The van der Waals surface area contributed by atoms with Gasteiger partial charge in [-0.05, 0) is 19.8 Å². The van der Waals surface area contributed by atoms with Gasteiger partial charge in [0.05, 0.1) is 11.5 Å². The molecule has 0 aromatic carbocycles. The number of carbonyl (C=O) groups excluding carboxylic acids is 1. The van der Waals surface area contributed by atoms with Crippen LogP contribution in [-0.2, 0) is 4.79 Å². The van der Waals surface area contributed by atoms with Crippen LogP contribution in [0.1, 0.15) is 39.0 Å². The first kappa shape index (κ1) is 10.5. The molecule has 74 valence electrons. The molecule has 0 amide bonds. The molecule has 0 radical (unpaired) electrons. The molecular weight excluding hydrogens is 164 g/mol. The average Bonchev–Trinajstić information content (AvgIpc) is 2.19. The predicted molar refractivity (Wildman–Crippen MR) is 52.4 cm³/mol. The molecule has 13 heavy (non-hydrogen) atoms. The molecule has 0 aliphatic heterocycles. The van der Waals surface area contributed by atoms with Crippen LogP contribution < -0.4 is 0 Å². The van der Waals surface area contributed by atoms with Crippen molar-refractivity contribution in [1.82, 2.24) is 0 Å². The molecule has 0 aromatic rings. The molecule has 1 atom stereocenters. The van der Waals surface area contributed by atoms with E-state index in [0.717, 1.165) is 32.0 Å². The minimum Gasteiger partial charge on any atom is -0.388 e. The lowest BCUT2D eigenvalue weighted by Gasteiger charge is -2.34. The number of aldehydes is 1. The van der Waals surface area contributed by atoms with Gasteiger partial charge in [-0.1, -0.05) is 31.4 Å². The molecule has 0 spiro atoms. The monoisotopic (exact) mass is 182 g/mol. The topological polar surface area (TPSA) is 37.3 Å². The predicted octanol–water partition coefficient (Wildman–Crippen LogP) is 2.07. The Morgan fingerprint density at radius 3 is 2.38 bits per heavy atom. The minimum atomic E-state index is -0.588. The van der Waals surface area contributed by atoms with E-state index in [9.17, 15) is 9.90 Å². The highest BCUT2D eigenvalue weighted by Gasteiger charge is 2.37. The van der Waals surface area contributed by atoms with Crippen molar-refractivity contribution in [3.63, 3.8) is 0 Å². The molecule has 1 saturated carbocycles. The highest BCUT2D eigenvalue weighted by Crippen LogP contribution is 2.37. The Bertz CT molecular complexity index is 190. The SMILES string of the molecule is C/C=C/C(O)C1(C=O)CCCCC1. The van der Waals surface area contributed by atoms with Gasteiger partial charge in [0.2, 0.25) is 0 Å². The van der Waals surface area contributed by atoms with Crippen LogP contribution in [0.3, 0.4) is 0 Å². The van der Waals surface area contributed by atoms with Crippen LogP contribution in [0.5, 0.6) is 0 Å². The second kappa shape index (κ2) is 4.56. The lowest BCUT2D eigenvalue weighted by atomic mass is 9.71. The van der Waals surface area contributed by atoms with Crippen LogP contribution in [0.15, 0.2) is 12.2 Å². The third-order valence-electron chi connectivity index (χ3n) is 2.98. The average molecular weight is 182 g/mol. The number of hydrogen-bond acceptors (Lipinski definition) is 2. The van der Waals surface area contributed by atoms with Crippen molar-refractivity contribution in [2.24, 2.45) is 5.41 Å². The summed E-state index contributed by atoms with van der Waals surface area (Å²) in [6.07, 6.45) is 8.89. The van der Waals surface area contributed by atoms with Crippen molar-refractivity contribution < 1.29 is 9.90 Å². The van der Waals surface area contributed by atoms with Gasteiger partial charge in [0.25, 0.3) is 0 Å². The van der Waals surface area contributed by atoms with Gasteiger partial charge in [-0.15, -0.1) is 0 Å². The first-order chi connectivity index (χ1) is 6.25. The van der Waals surface area contributed by atoms with Crippen LogP contribution >= 0.6 is 0 Å². The Hall–Kier alpha value is -0.630. The van der Waals surface area contributed by atoms with Crippen molar-refractivity contribution >= 4 is 6.29 Å². The van der Waals surface area contributed by atoms with Gasteiger partial charge < -0.3 is 9.90 Å². The highest BCUT2D eigenvalue weighted by atomic mass is 16.3. The number of allylic oxidation sites excluding steroid dienone is 1. The molecule has 0 aromatic heterocycles. The maximum atomic E-state index is 11.0. The lowest BCUT2D eigenvalue weighted by molar-refractivity contribution is -0.123. The molecule has 1 unspecified atom stereocenters. The summed E-state index contributed by atoms with van der Waals surface area (Å²) in [5.41, 5.74) is -0.481. The van der Waals surface area contributed by atoms with Gasteiger partial charge in [-0.25, -0.2) is 0 Å². The lowest BCUT2D eigenvalue weighted by Crippen LogP contribution is -2.37. The van der Waals surface area contributed by atoms with E-state index in [1.165, 1.54) is 6.42 Å². The Morgan fingerprint density at radius 1 is 1.31 bits per heavy atom. The molecule has 1 fully saturated rings. The minimum absolute atomic E-state index is 0.481. The second-order valence-corrected chi connectivity index (χ2v) is 3.88. The van der Waals surface area contributed by atoms with E-state index in [0.29, 0.717) is 0 Å². The zero-order chi connectivity index (χ0) is 9.73. The molecule has 0 heterocycles. The quantitative estimate of drug-likeness (QED) is 0.536. The van der Waals surface area contributed by atoms with E-state index in [4.69, 9.17) is 0 Å². The number of aliphatic hydroxyl groups excluding tert-OH is 1. The molecule has 1 rings (SSSR count). The molecule has 1 aliphatic carbocycles. The van der Waals surface area contributed by atoms with Crippen LogP contribution in [0.4, 0.5) is 0 Å². The summed E-state index contributed by atoms with van der Waals surface area (Å²) in [6.45, 7) is 1.87. The van der Waals surface area contributed by atoms with E-state index < -0.39 is 11.5 Å². The standard InChI is InChI=1S/C11H18O2/c1-2-6-10(13)11(9-12)7-4-3-5-8-11/h2,6,9-10,13H,3-5,7-8H2,1H3/b6-2+. The summed E-state index contributed by atoms with van der Waals surface area (Å²) in [6, 6.07) is 0. The van der Waals surface area contributed by atoms with Crippen molar-refractivity contribution in [3.05, 3.63) is 12.2 Å². The fourth-order valence-electron chi connectivity index (χ4n) is 2.07. The number of hydrogen-bond donors (Lipinski definition) is 1. The van der Waals surface area contributed by atoms with E-state index in [1.807, 2.05) is 13.0 Å². The van der Waals surface area contributed by atoms with Crippen molar-refractivity contribution in [1.29, 1.82) is 0 Å². The maximum Gasteiger partial charge on any atom is 0.129 e. The number of rotatable bonds is 3. The third kappa shape index (κ3) is 2.19. The van der Waals surface area contributed by atoms with Gasteiger partial charge in [-0.2, -0.15) is 0 Å². The molecule has 0 saturated heterocycles. The molecule has 2 nitrogen and oxygen atoms in total. The van der Waals surface area contributed by atoms with Crippen molar-refractivity contribution in [3.8, 4) is 0 Å². The van der Waals surface area contributed by atoms with Gasteiger partial charge >= 0.3 is 0 Å². The summed E-state index contributed by atoms with van der Waals surface area (Å²) in [4.78, 5) is 11.0. The maximum absolute atomic E-state index is 11.0. The Kier molecular flexibility index (Phi) is 3.67. The summed E-state index contributed by atoms with van der Waals surface area (Å²) in [5.74, 6) is 0. The van der Waals surface area contributed by atoms with E-state index in [2.05, 4.69) is 0 Å². The summed E-state index contributed by atoms with van der Waals surface area (Å²) < 4.78 is 0. The largest absolute Gasteiger partial charge is 0.388 e. The fourth-order valence-corrected chi connectivity index (χ4v) is 2.07. The van der Waals surface area contributed by atoms with Crippen LogP contribution in [0.2, 0.25) is 0 Å². The summed E-state index contributed by atoms with van der Waals surface area (Å²) in [5, 5.41) is 9.81. The van der Waals surface area contributed by atoms with E-state index in [-0.39, 0.29) is 0 Å². The highest BCUT2D eigenvalue weighted by molar-refractivity contribution is 5.61. The Labute approximate surface area is 79.6 Å². The summed E-state index contributed by atoms with van der Waals surface area (Å²) >= 11 is 0. The zero-order valence-electron chi connectivity index (χ0n) is 8.20. The van der Waals surface area contributed by atoms with Crippen LogP contribution in [0, 0.1) is 5.41 Å². The normalized spacial score (nSPS) is 24.5. The number of carbonyl (C=O) groups is 1. The van der Waals surface area contributed by atoms with Crippen LogP contribution in [-0.4, -0.2) is 17.5 Å². The smallest absolute Gasteiger partial charge is 0.129 e. The molecule has 2 heteroatoms. The molecule has 0 bridgehead atoms. The van der Waals surface area contributed by atoms with Gasteiger partial charge in [0.15, 0.2) is 0 Å². The van der Waals surface area contributed by atoms with Crippen LogP contribution in [0.25, 0.3) is 0 Å². The molecular formula is C11H18O2. The number of aliphatic hydroxyl groups is 1. The van der Waals surface area contributed by atoms with Gasteiger partial charge in [0, 0.05) is 0 Å². The van der Waals surface area contributed by atoms with Crippen molar-refractivity contribution in [2.75, 3.05) is 0 Å². The second-order valence-electron chi connectivity index (χ2n) is 3.88. The van der Waals surface area contributed by atoms with E-state index in [1.54, 1.807) is 6.08 Å². The van der Waals surface area contributed by atoms with Crippen molar-refractivity contribution in [2.45, 2.75) is 45.1 Å². The Morgan fingerprint density at radius 2 is 1.92 bits per heavy atom. The zero-order valence-corrected chi connectivity index (χ0v) is 8.20. The summed E-state index contributed by atoms with van der Waals surface area (Å²) in [7, 11) is 0. The van der Waals surface area contributed by atoms with E-state index >= 15 is 0 Å². The molecule has 1 N–H and O–H groups in total. The van der Waals surface area contributed by atoms with Gasteiger partial charge in [-0.3, -0.25) is 0 Å².